The number of hydrogen-bond acceptors (Lipinski definition) is 4. The van der Waals surface area contributed by atoms with Crippen molar-refractivity contribution >= 4 is 23.4 Å². The summed E-state index contributed by atoms with van der Waals surface area (Å²) in [5.74, 6) is -0.263. The lowest BCUT2D eigenvalue weighted by molar-refractivity contribution is -0.145. The largest absolute Gasteiger partial charge is 0.463 e. The second kappa shape index (κ2) is 9.18. The van der Waals surface area contributed by atoms with E-state index < -0.39 is 0 Å². The van der Waals surface area contributed by atoms with E-state index in [1.54, 1.807) is 6.92 Å². The highest BCUT2D eigenvalue weighted by Gasteiger charge is 2.21. The summed E-state index contributed by atoms with van der Waals surface area (Å²) < 4.78 is 11.1. The Balaban J connectivity index is 1.73. The van der Waals surface area contributed by atoms with Crippen LogP contribution in [0.2, 0.25) is 5.02 Å². The van der Waals surface area contributed by atoms with Gasteiger partial charge >= 0.3 is 5.97 Å². The van der Waals surface area contributed by atoms with E-state index in [0.717, 1.165) is 23.1 Å². The minimum atomic E-state index is -0.316. The van der Waals surface area contributed by atoms with Crippen LogP contribution < -0.4 is 0 Å². The van der Waals surface area contributed by atoms with E-state index in [9.17, 15) is 9.59 Å². The predicted octanol–water partition coefficient (Wildman–Crippen LogP) is 5.08. The number of Topliss-reactive ketones (excluding diaryl/α,β-unsaturated/α-hetero) is 1. The zero-order valence-electron chi connectivity index (χ0n) is 16.0. The molecule has 2 aromatic rings. The molecule has 5 heteroatoms. The first-order valence-corrected chi connectivity index (χ1v) is 9.64. The molecule has 2 atom stereocenters. The third-order valence-electron chi connectivity index (χ3n) is 4.69. The van der Waals surface area contributed by atoms with Crippen LogP contribution in [0.1, 0.15) is 53.4 Å². The maximum Gasteiger partial charge on any atom is 0.302 e. The Morgan fingerprint density at radius 3 is 2.57 bits per heavy atom. The maximum atomic E-state index is 11.4. The van der Waals surface area contributed by atoms with Crippen molar-refractivity contribution in [3.05, 3.63) is 81.9 Å². The second-order valence-electron chi connectivity index (χ2n) is 6.91. The molecule has 2 aromatic carbocycles. The van der Waals surface area contributed by atoms with Crippen LogP contribution in [0.3, 0.4) is 0 Å². The highest BCUT2D eigenvalue weighted by molar-refractivity contribution is 6.31. The summed E-state index contributed by atoms with van der Waals surface area (Å²) in [6.07, 6.45) is 5.04. The van der Waals surface area contributed by atoms with Crippen molar-refractivity contribution in [2.75, 3.05) is 6.61 Å². The van der Waals surface area contributed by atoms with Crippen LogP contribution in [0.25, 0.3) is 0 Å². The number of carbonyl (C=O) groups is 2. The molecular formula is C23H23ClO4. The van der Waals surface area contributed by atoms with Crippen LogP contribution in [0.4, 0.5) is 0 Å². The lowest BCUT2D eigenvalue weighted by Gasteiger charge is -2.26. The van der Waals surface area contributed by atoms with Gasteiger partial charge in [-0.25, -0.2) is 0 Å². The third-order valence-corrected chi connectivity index (χ3v) is 5.06. The zero-order valence-corrected chi connectivity index (χ0v) is 16.7. The number of rotatable bonds is 6. The van der Waals surface area contributed by atoms with E-state index in [1.165, 1.54) is 6.92 Å². The molecule has 3 rings (SSSR count). The summed E-state index contributed by atoms with van der Waals surface area (Å²) in [5, 5.41) is 0.696. The highest BCUT2D eigenvalue weighted by atomic mass is 35.5. The molecule has 28 heavy (non-hydrogen) atoms. The van der Waals surface area contributed by atoms with E-state index >= 15 is 0 Å². The van der Waals surface area contributed by atoms with Crippen LogP contribution in [-0.4, -0.2) is 24.5 Å². The van der Waals surface area contributed by atoms with Crippen molar-refractivity contribution in [1.29, 1.82) is 0 Å². The standard InChI is InChI=1S/C23H23ClO4/c1-15(25)18-8-6-17(7-9-18)12-20-13-19(10-11-22(20)24)23-5-3-4-21(28-23)14-27-16(2)26/h3-4,6-11,13,21,23H,5,12,14H2,1-2H3/t21-,23+/m1/s1. The topological polar surface area (TPSA) is 52.6 Å². The van der Waals surface area contributed by atoms with E-state index in [4.69, 9.17) is 21.1 Å². The third kappa shape index (κ3) is 5.31. The average molecular weight is 399 g/mol. The molecule has 0 spiro atoms. The van der Waals surface area contributed by atoms with Gasteiger partial charge in [-0.05, 0) is 42.5 Å². The molecule has 146 valence electrons. The van der Waals surface area contributed by atoms with Gasteiger partial charge in [0.25, 0.3) is 0 Å². The molecule has 0 fully saturated rings. The molecule has 0 unspecified atom stereocenters. The smallest absolute Gasteiger partial charge is 0.302 e. The Hall–Kier alpha value is -2.43. The van der Waals surface area contributed by atoms with E-state index in [0.29, 0.717) is 17.0 Å². The molecule has 0 bridgehead atoms. The first-order valence-electron chi connectivity index (χ1n) is 9.26. The van der Waals surface area contributed by atoms with Gasteiger partial charge < -0.3 is 9.47 Å². The van der Waals surface area contributed by atoms with Crippen molar-refractivity contribution < 1.29 is 19.1 Å². The van der Waals surface area contributed by atoms with Gasteiger partial charge in [0.1, 0.15) is 12.7 Å². The van der Waals surface area contributed by atoms with Crippen molar-refractivity contribution in [1.82, 2.24) is 0 Å². The lowest BCUT2D eigenvalue weighted by Crippen LogP contribution is -2.24. The Bertz CT molecular complexity index is 886. The van der Waals surface area contributed by atoms with E-state index in [2.05, 4.69) is 12.1 Å². The van der Waals surface area contributed by atoms with Crippen LogP contribution in [0, 0.1) is 0 Å². The Morgan fingerprint density at radius 1 is 1.14 bits per heavy atom. The van der Waals surface area contributed by atoms with Gasteiger partial charge in [-0.3, -0.25) is 9.59 Å². The number of ether oxygens (including phenoxy) is 2. The fourth-order valence-corrected chi connectivity index (χ4v) is 3.37. The Morgan fingerprint density at radius 2 is 1.89 bits per heavy atom. The van der Waals surface area contributed by atoms with Crippen molar-refractivity contribution in [2.24, 2.45) is 0 Å². The Labute approximate surface area is 170 Å². The second-order valence-corrected chi connectivity index (χ2v) is 7.32. The maximum absolute atomic E-state index is 11.4. The summed E-state index contributed by atoms with van der Waals surface area (Å²) in [4.78, 5) is 22.4. The molecule has 4 nitrogen and oxygen atoms in total. The number of halogens is 1. The van der Waals surface area contributed by atoms with Gasteiger partial charge in [0.2, 0.25) is 0 Å². The molecule has 0 N–H and O–H groups in total. The lowest BCUT2D eigenvalue weighted by atomic mass is 9.97. The quantitative estimate of drug-likeness (QED) is 0.386. The monoisotopic (exact) mass is 398 g/mol. The number of benzene rings is 2. The van der Waals surface area contributed by atoms with Gasteiger partial charge in [-0.15, -0.1) is 0 Å². The molecule has 0 saturated heterocycles. The molecule has 0 radical (unpaired) electrons. The van der Waals surface area contributed by atoms with E-state index in [1.807, 2.05) is 42.5 Å². The van der Waals surface area contributed by atoms with Crippen molar-refractivity contribution in [2.45, 2.75) is 38.9 Å². The average Bonchev–Trinajstić information content (AvgIpc) is 2.68. The minimum Gasteiger partial charge on any atom is -0.463 e. The van der Waals surface area contributed by atoms with Gasteiger partial charge in [0, 0.05) is 17.5 Å². The zero-order chi connectivity index (χ0) is 20.1. The van der Waals surface area contributed by atoms with Crippen molar-refractivity contribution in [3.63, 3.8) is 0 Å². The van der Waals surface area contributed by atoms with Crippen LogP contribution in [-0.2, 0) is 20.7 Å². The molecule has 1 aliphatic heterocycles. The molecular weight excluding hydrogens is 376 g/mol. The van der Waals surface area contributed by atoms with Crippen molar-refractivity contribution in [3.8, 4) is 0 Å². The summed E-state index contributed by atoms with van der Waals surface area (Å²) in [5.41, 5.74) is 3.83. The van der Waals surface area contributed by atoms with Gasteiger partial charge in [0.15, 0.2) is 5.78 Å². The number of esters is 1. The van der Waals surface area contributed by atoms with Crippen LogP contribution >= 0.6 is 11.6 Å². The molecule has 0 amide bonds. The van der Waals surface area contributed by atoms with Gasteiger partial charge in [0.05, 0.1) is 6.10 Å². The van der Waals surface area contributed by atoms with Crippen LogP contribution in [0.15, 0.2) is 54.6 Å². The predicted molar refractivity (Wildman–Crippen MR) is 109 cm³/mol. The first-order chi connectivity index (χ1) is 13.4. The first kappa shape index (κ1) is 20.3. The highest BCUT2D eigenvalue weighted by Crippen LogP contribution is 2.31. The van der Waals surface area contributed by atoms with E-state index in [-0.39, 0.29) is 30.6 Å². The summed E-state index contributed by atoms with van der Waals surface area (Å²) in [7, 11) is 0. The number of ketones is 1. The molecule has 0 aliphatic carbocycles. The number of hydrogen-bond donors (Lipinski definition) is 0. The summed E-state index contributed by atoms with van der Waals surface area (Å²) in [6.45, 7) is 3.16. The number of carbonyl (C=O) groups excluding carboxylic acids is 2. The minimum absolute atomic E-state index is 0.0531. The normalized spacial score (nSPS) is 18.7. The fraction of sp³-hybridized carbons (Fsp3) is 0.304. The van der Waals surface area contributed by atoms with Gasteiger partial charge in [-0.2, -0.15) is 0 Å². The molecule has 1 heterocycles. The van der Waals surface area contributed by atoms with Crippen LogP contribution in [0.5, 0.6) is 0 Å². The molecule has 1 aliphatic rings. The summed E-state index contributed by atoms with van der Waals surface area (Å²) >= 11 is 6.41. The summed E-state index contributed by atoms with van der Waals surface area (Å²) in [6, 6.07) is 13.5. The SMILES string of the molecule is CC(=O)OC[C@H]1C=CC[C@@H](c2ccc(Cl)c(Cc3ccc(C(C)=O)cc3)c2)O1. The Kier molecular flexibility index (Phi) is 6.65. The molecule has 0 aromatic heterocycles. The fourth-order valence-electron chi connectivity index (χ4n) is 3.18. The van der Waals surface area contributed by atoms with Gasteiger partial charge in [-0.1, -0.05) is 60.2 Å². The molecule has 0 saturated carbocycles.